The van der Waals surface area contributed by atoms with Crippen molar-refractivity contribution in [1.29, 1.82) is 0 Å². The van der Waals surface area contributed by atoms with E-state index in [1.54, 1.807) is 0 Å². The Morgan fingerprint density at radius 1 is 1.10 bits per heavy atom. The molecule has 0 amide bonds. The predicted octanol–water partition coefficient (Wildman–Crippen LogP) is 0.104. The van der Waals surface area contributed by atoms with E-state index in [2.05, 4.69) is 6.92 Å². The van der Waals surface area contributed by atoms with Gasteiger partial charge in [-0.05, 0) is 6.92 Å². The van der Waals surface area contributed by atoms with Crippen molar-refractivity contribution in [2.75, 3.05) is 6.61 Å². The van der Waals surface area contributed by atoms with E-state index in [-0.39, 0.29) is 50.0 Å². The van der Waals surface area contributed by atoms with Crippen LogP contribution in [-0.4, -0.2) is 23.7 Å². The average molecular weight is 198 g/mol. The first kappa shape index (κ1) is 47.6. The van der Waals surface area contributed by atoms with Gasteiger partial charge in [0.25, 0.3) is 0 Å². The summed E-state index contributed by atoms with van der Waals surface area (Å²) in [6.07, 6.45) is 0.583. The van der Waals surface area contributed by atoms with E-state index in [0.29, 0.717) is 6.10 Å². The zero-order valence-corrected chi connectivity index (χ0v) is 8.07. The summed E-state index contributed by atoms with van der Waals surface area (Å²) in [4.78, 5) is 0. The van der Waals surface area contributed by atoms with Crippen molar-refractivity contribution >= 4 is 0 Å². The predicted molar refractivity (Wildman–Crippen MR) is 41.9 cm³/mol. The number of hydrogen-bond donors (Lipinski definition) is 0. The summed E-state index contributed by atoms with van der Waals surface area (Å²) in [5.74, 6) is 0. The van der Waals surface area contributed by atoms with Crippen LogP contribution in [0.15, 0.2) is 0 Å². The number of hydrogen-bond acceptors (Lipinski definition) is 1. The number of epoxide rings is 1. The van der Waals surface area contributed by atoms with Crippen LogP contribution in [0.2, 0.25) is 0 Å². The first-order chi connectivity index (χ1) is 1.89. The molecule has 4 N–H and O–H groups in total. The van der Waals surface area contributed by atoms with Crippen molar-refractivity contribution in [1.82, 2.24) is 0 Å². The largest absolute Gasteiger partial charge is 2.00 e. The van der Waals surface area contributed by atoms with Crippen LogP contribution >= 0.6 is 0 Å². The number of ether oxygens (including phenoxy) is 1. The Labute approximate surface area is 75.0 Å². The third-order valence-electron chi connectivity index (χ3n) is 0.500. The standard InChI is InChI=1S/C3H6O.3CH3.Co.2H2O/c1-3-2-4-3;;;;;;/h3H,2H2,1H3;3*1H3;;2*1H2/q;3*-1;+2;;. The minimum atomic E-state index is 0. The molecule has 71 valence electrons. The average Bonchev–Trinajstić information content (AvgIpc) is 1.75. The zero-order chi connectivity index (χ0) is 2.99. The monoisotopic (exact) mass is 198 g/mol. The summed E-state index contributed by atoms with van der Waals surface area (Å²) in [7, 11) is 0. The molecule has 1 rings (SSSR count). The van der Waals surface area contributed by atoms with Gasteiger partial charge >= 0.3 is 16.8 Å². The van der Waals surface area contributed by atoms with Gasteiger partial charge in [-0.2, -0.15) is 0 Å². The second-order valence-electron chi connectivity index (χ2n) is 1.14. The molecule has 0 aliphatic carbocycles. The Morgan fingerprint density at radius 2 is 1.20 bits per heavy atom. The SMILES string of the molecule is CC1CO1.O.O.[CH3-].[CH3-].[CH3-].[Co+2]. The first-order valence-electron chi connectivity index (χ1n) is 1.51. The van der Waals surface area contributed by atoms with Gasteiger partial charge in [0, 0.05) is 0 Å². The molecule has 10 heavy (non-hydrogen) atoms. The molecule has 4 heteroatoms. The molecule has 1 heterocycles. The molecule has 1 saturated heterocycles. The van der Waals surface area contributed by atoms with Gasteiger partial charge < -0.3 is 38.0 Å². The summed E-state index contributed by atoms with van der Waals surface area (Å²) >= 11 is 0. The van der Waals surface area contributed by atoms with Crippen LogP contribution in [-0.2, 0) is 21.5 Å². The summed E-state index contributed by atoms with van der Waals surface area (Å²) in [6, 6.07) is 0. The van der Waals surface area contributed by atoms with Crippen molar-refractivity contribution in [2.24, 2.45) is 0 Å². The molecule has 3 nitrogen and oxygen atoms in total. The summed E-state index contributed by atoms with van der Waals surface area (Å²) in [5, 5.41) is 0. The topological polar surface area (TPSA) is 75.5 Å². The van der Waals surface area contributed by atoms with Gasteiger partial charge in [-0.15, -0.1) is 0 Å². The van der Waals surface area contributed by atoms with Gasteiger partial charge in [-0.25, -0.2) is 0 Å². The van der Waals surface area contributed by atoms with E-state index in [4.69, 9.17) is 4.74 Å². The summed E-state index contributed by atoms with van der Waals surface area (Å²) in [6.45, 7) is 3.04. The van der Waals surface area contributed by atoms with E-state index in [0.717, 1.165) is 6.61 Å². The van der Waals surface area contributed by atoms with Crippen LogP contribution in [0.25, 0.3) is 0 Å². The molecule has 0 aromatic heterocycles. The van der Waals surface area contributed by atoms with E-state index < -0.39 is 0 Å². The summed E-state index contributed by atoms with van der Waals surface area (Å²) in [5.41, 5.74) is 0. The molecule has 1 aliphatic heterocycles. The Bertz CT molecular complexity index is 32.2. The van der Waals surface area contributed by atoms with Gasteiger partial charge in [0.2, 0.25) is 0 Å². The van der Waals surface area contributed by atoms with Crippen molar-refractivity contribution in [3.63, 3.8) is 0 Å². The van der Waals surface area contributed by atoms with Crippen molar-refractivity contribution in [3.05, 3.63) is 22.3 Å². The molecule has 0 aromatic carbocycles. The Morgan fingerprint density at radius 3 is 1.20 bits per heavy atom. The minimum absolute atomic E-state index is 0. The number of rotatable bonds is 0. The Kier molecular flexibility index (Phi) is 108. The molecule has 0 aromatic rings. The van der Waals surface area contributed by atoms with Crippen LogP contribution in [0, 0.1) is 22.3 Å². The second kappa shape index (κ2) is 22.8. The molecule has 0 saturated carbocycles. The normalized spacial score (nSPS) is 15.9. The fourth-order valence-electron chi connectivity index (χ4n) is 0.0962. The molecule has 1 fully saturated rings. The van der Waals surface area contributed by atoms with E-state index in [9.17, 15) is 0 Å². The summed E-state index contributed by atoms with van der Waals surface area (Å²) < 4.78 is 4.71. The molecule has 1 atom stereocenters. The van der Waals surface area contributed by atoms with Gasteiger partial charge in [-0.1, -0.05) is 0 Å². The van der Waals surface area contributed by atoms with Gasteiger partial charge in [0.15, 0.2) is 0 Å². The van der Waals surface area contributed by atoms with Crippen LogP contribution in [0.4, 0.5) is 0 Å². The van der Waals surface area contributed by atoms with Crippen LogP contribution in [0.5, 0.6) is 0 Å². The second-order valence-corrected chi connectivity index (χ2v) is 1.14. The molecular formula is C6H19CoO3-. The molecule has 0 bridgehead atoms. The maximum atomic E-state index is 4.71. The van der Waals surface area contributed by atoms with Crippen LogP contribution < -0.4 is 0 Å². The molecule has 0 spiro atoms. The van der Waals surface area contributed by atoms with Crippen LogP contribution in [0.1, 0.15) is 6.92 Å². The van der Waals surface area contributed by atoms with Crippen LogP contribution in [0.3, 0.4) is 0 Å². The Balaban J connectivity index is -0.00000000667. The van der Waals surface area contributed by atoms with E-state index in [1.165, 1.54) is 0 Å². The third-order valence-corrected chi connectivity index (χ3v) is 0.500. The van der Waals surface area contributed by atoms with Crippen molar-refractivity contribution in [2.45, 2.75) is 13.0 Å². The van der Waals surface area contributed by atoms with Crippen molar-refractivity contribution in [3.8, 4) is 0 Å². The fourth-order valence-corrected chi connectivity index (χ4v) is 0.0962. The minimum Gasteiger partial charge on any atom is -0.412 e. The van der Waals surface area contributed by atoms with Crippen molar-refractivity contribution < 1.29 is 32.5 Å². The molecule has 1 radical (unpaired) electrons. The molecule has 1 aliphatic rings. The molecular weight excluding hydrogens is 179 g/mol. The van der Waals surface area contributed by atoms with Gasteiger partial charge in [0.1, 0.15) is 0 Å². The first-order valence-corrected chi connectivity index (χ1v) is 1.51. The van der Waals surface area contributed by atoms with E-state index >= 15 is 0 Å². The third kappa shape index (κ3) is 39.9. The van der Waals surface area contributed by atoms with E-state index in [1.807, 2.05) is 0 Å². The Hall–Kier alpha value is 0.386. The smallest absolute Gasteiger partial charge is 0.412 e. The fraction of sp³-hybridized carbons (Fsp3) is 0.500. The zero-order valence-electron chi connectivity index (χ0n) is 7.03. The maximum absolute atomic E-state index is 4.71. The van der Waals surface area contributed by atoms with Gasteiger partial charge in [-0.3, -0.25) is 0 Å². The van der Waals surface area contributed by atoms with Gasteiger partial charge in [0.05, 0.1) is 12.7 Å². The maximum Gasteiger partial charge on any atom is 2.00 e. The quantitative estimate of drug-likeness (QED) is 0.402. The molecule has 1 unspecified atom stereocenters.